The summed E-state index contributed by atoms with van der Waals surface area (Å²) < 4.78 is 0. The highest BCUT2D eigenvalue weighted by molar-refractivity contribution is 6.31. The lowest BCUT2D eigenvalue weighted by Gasteiger charge is -2.22. The molecule has 1 aromatic rings. The van der Waals surface area contributed by atoms with E-state index in [1.54, 1.807) is 12.1 Å². The maximum absolute atomic E-state index is 12.4. The third kappa shape index (κ3) is 4.97. The Morgan fingerprint density at radius 2 is 2.04 bits per heavy atom. The van der Waals surface area contributed by atoms with Gasteiger partial charge in [0.05, 0.1) is 0 Å². The Hall–Kier alpha value is -2.05. The van der Waals surface area contributed by atoms with Crippen molar-refractivity contribution in [3.63, 3.8) is 0 Å². The molecule has 0 aliphatic rings. The van der Waals surface area contributed by atoms with Gasteiger partial charge in [0.25, 0.3) is 5.91 Å². The predicted octanol–water partition coefficient (Wildman–Crippen LogP) is 1.08. The van der Waals surface area contributed by atoms with Gasteiger partial charge in [0.1, 0.15) is 0 Å². The van der Waals surface area contributed by atoms with E-state index in [0.29, 0.717) is 23.7 Å². The number of likely N-dealkylation sites (N-methyl/N-ethyl adjacent to an activating group) is 2. The summed E-state index contributed by atoms with van der Waals surface area (Å²) in [6.07, 6.45) is 0. The number of rotatable bonds is 7. The lowest BCUT2D eigenvalue weighted by molar-refractivity contribution is -0.117. The van der Waals surface area contributed by atoms with Crippen LogP contribution in [0.2, 0.25) is 5.02 Å². The van der Waals surface area contributed by atoms with Crippen LogP contribution >= 0.6 is 11.6 Å². The van der Waals surface area contributed by atoms with Gasteiger partial charge in [-0.15, -0.1) is 0 Å². The first-order chi connectivity index (χ1) is 10.8. The van der Waals surface area contributed by atoms with Gasteiger partial charge in [-0.1, -0.05) is 18.2 Å². The van der Waals surface area contributed by atoms with Crippen LogP contribution in [-0.2, 0) is 4.79 Å². The van der Waals surface area contributed by atoms with Crippen LogP contribution in [0, 0.1) is 6.92 Å². The summed E-state index contributed by atoms with van der Waals surface area (Å²) in [4.78, 5) is 25.7. The van der Waals surface area contributed by atoms with Crippen molar-refractivity contribution in [1.82, 2.24) is 10.6 Å². The largest absolute Gasteiger partial charge is 0.373 e. The van der Waals surface area contributed by atoms with Crippen molar-refractivity contribution in [3.05, 3.63) is 40.4 Å². The van der Waals surface area contributed by atoms with Crippen molar-refractivity contribution in [1.29, 1.82) is 0 Å². The van der Waals surface area contributed by atoms with Crippen molar-refractivity contribution < 1.29 is 9.59 Å². The van der Waals surface area contributed by atoms with E-state index in [-0.39, 0.29) is 23.9 Å². The van der Waals surface area contributed by atoms with E-state index in [2.05, 4.69) is 17.2 Å². The Labute approximate surface area is 141 Å². The lowest BCUT2D eigenvalue weighted by atomic mass is 10.0. The van der Waals surface area contributed by atoms with Crippen LogP contribution in [0.4, 0.5) is 5.69 Å². The number of anilines is 1. The Kier molecular flexibility index (Phi) is 7.06. The van der Waals surface area contributed by atoms with Gasteiger partial charge < -0.3 is 21.3 Å². The molecular formula is C16H23ClN4O2. The van der Waals surface area contributed by atoms with E-state index < -0.39 is 0 Å². The molecule has 0 aromatic heterocycles. The van der Waals surface area contributed by atoms with E-state index in [1.807, 2.05) is 18.9 Å². The number of carbonyl (C=O) groups is 2. The van der Waals surface area contributed by atoms with Gasteiger partial charge in [0.15, 0.2) is 0 Å². The maximum atomic E-state index is 12.4. The molecular weight excluding hydrogens is 316 g/mol. The van der Waals surface area contributed by atoms with Crippen molar-refractivity contribution >= 4 is 29.1 Å². The Morgan fingerprint density at radius 1 is 1.39 bits per heavy atom. The third-order valence-corrected chi connectivity index (χ3v) is 3.69. The summed E-state index contributed by atoms with van der Waals surface area (Å²) in [5, 5.41) is 5.60. The van der Waals surface area contributed by atoms with E-state index in [9.17, 15) is 9.59 Å². The van der Waals surface area contributed by atoms with Gasteiger partial charge >= 0.3 is 0 Å². The number of amides is 2. The van der Waals surface area contributed by atoms with Crippen LogP contribution in [0.1, 0.15) is 15.9 Å². The predicted molar refractivity (Wildman–Crippen MR) is 94.1 cm³/mol. The quantitative estimate of drug-likeness (QED) is 0.649. The van der Waals surface area contributed by atoms with Crippen molar-refractivity contribution in [2.24, 2.45) is 5.73 Å². The van der Waals surface area contributed by atoms with E-state index in [0.717, 1.165) is 11.3 Å². The second-order valence-corrected chi connectivity index (χ2v) is 5.61. The molecule has 126 valence electrons. The molecule has 1 aromatic carbocycles. The van der Waals surface area contributed by atoms with Gasteiger partial charge in [-0.2, -0.15) is 0 Å². The van der Waals surface area contributed by atoms with Crippen LogP contribution in [-0.4, -0.2) is 45.5 Å². The molecule has 4 N–H and O–H groups in total. The lowest BCUT2D eigenvalue weighted by Crippen LogP contribution is -2.32. The molecule has 0 saturated carbocycles. The van der Waals surface area contributed by atoms with Crippen LogP contribution < -0.4 is 21.3 Å². The molecule has 6 nitrogen and oxygen atoms in total. The monoisotopic (exact) mass is 338 g/mol. The molecule has 0 aliphatic heterocycles. The molecule has 7 heteroatoms. The fourth-order valence-corrected chi connectivity index (χ4v) is 2.36. The minimum Gasteiger partial charge on any atom is -0.373 e. The number of halogens is 1. The molecule has 2 amide bonds. The summed E-state index contributed by atoms with van der Waals surface area (Å²) in [6, 6.07) is 3.40. The van der Waals surface area contributed by atoms with Gasteiger partial charge in [-0.3, -0.25) is 9.59 Å². The first-order valence-electron chi connectivity index (χ1n) is 7.21. The highest BCUT2D eigenvalue weighted by atomic mass is 35.5. The zero-order valence-electron chi connectivity index (χ0n) is 13.7. The highest BCUT2D eigenvalue weighted by Crippen LogP contribution is 2.27. The van der Waals surface area contributed by atoms with Gasteiger partial charge in [-0.05, 0) is 24.6 Å². The topological polar surface area (TPSA) is 87.5 Å². The molecule has 0 unspecified atom stereocenters. The average Bonchev–Trinajstić information content (AvgIpc) is 2.53. The normalized spacial score (nSPS) is 10.1. The number of carbonyl (C=O) groups excluding carboxylic acids is 2. The van der Waals surface area contributed by atoms with E-state index in [4.69, 9.17) is 17.3 Å². The number of nitrogens with two attached hydrogens (primary N) is 1. The number of nitrogens with one attached hydrogen (secondary N) is 2. The Bertz CT molecular complexity index is 616. The molecule has 0 aliphatic carbocycles. The summed E-state index contributed by atoms with van der Waals surface area (Å²) in [6.45, 7) is 6.69. The molecule has 0 atom stereocenters. The number of benzene rings is 1. The average molecular weight is 339 g/mol. The summed E-state index contributed by atoms with van der Waals surface area (Å²) in [5.74, 6) is -0.617. The van der Waals surface area contributed by atoms with Crippen LogP contribution in [0.3, 0.4) is 0 Å². The van der Waals surface area contributed by atoms with Crippen LogP contribution in [0.15, 0.2) is 24.3 Å². The molecule has 0 heterocycles. The minimum atomic E-state index is -0.309. The minimum absolute atomic E-state index is 0.0679. The second kappa shape index (κ2) is 8.55. The highest BCUT2D eigenvalue weighted by Gasteiger charge is 2.16. The standard InChI is InChI=1S/C16H23ClN4O2/c1-10(15(22)19-3)9-20-16(23)13-7-12(17)8-14(11(13)2)21(4)6-5-18/h7-8H,1,5-6,9,18H2,2-4H3,(H,19,22)(H,20,23). The van der Waals surface area contributed by atoms with Gasteiger partial charge in [0.2, 0.25) is 5.91 Å². The zero-order valence-corrected chi connectivity index (χ0v) is 14.5. The Balaban J connectivity index is 2.97. The first kappa shape index (κ1) is 19.0. The molecule has 0 spiro atoms. The fraction of sp³-hybridized carbons (Fsp3) is 0.375. The molecule has 0 radical (unpaired) electrons. The van der Waals surface area contributed by atoms with Crippen molar-refractivity contribution in [3.8, 4) is 0 Å². The summed E-state index contributed by atoms with van der Waals surface area (Å²) in [5.41, 5.74) is 7.96. The van der Waals surface area contributed by atoms with E-state index in [1.165, 1.54) is 7.05 Å². The molecule has 23 heavy (non-hydrogen) atoms. The van der Waals surface area contributed by atoms with E-state index >= 15 is 0 Å². The number of hydrogen-bond acceptors (Lipinski definition) is 4. The maximum Gasteiger partial charge on any atom is 0.251 e. The molecule has 0 saturated heterocycles. The first-order valence-corrected chi connectivity index (χ1v) is 7.59. The van der Waals surface area contributed by atoms with Gasteiger partial charge in [-0.25, -0.2) is 0 Å². The molecule has 0 bridgehead atoms. The molecule has 0 fully saturated rings. The van der Waals surface area contributed by atoms with Crippen molar-refractivity contribution in [2.75, 3.05) is 38.6 Å². The summed E-state index contributed by atoms with van der Waals surface area (Å²) >= 11 is 6.13. The zero-order chi connectivity index (χ0) is 17.6. The van der Waals surface area contributed by atoms with Crippen LogP contribution in [0.5, 0.6) is 0 Å². The van der Waals surface area contributed by atoms with Crippen molar-refractivity contribution in [2.45, 2.75) is 6.92 Å². The third-order valence-electron chi connectivity index (χ3n) is 3.48. The fourth-order valence-electron chi connectivity index (χ4n) is 2.15. The van der Waals surface area contributed by atoms with Crippen LogP contribution in [0.25, 0.3) is 0 Å². The SMILES string of the molecule is C=C(CNC(=O)c1cc(Cl)cc(N(C)CCN)c1C)C(=O)NC. The molecule has 1 rings (SSSR count). The Morgan fingerprint density at radius 3 is 2.61 bits per heavy atom. The van der Waals surface area contributed by atoms with Gasteiger partial charge in [0, 0.05) is 55.6 Å². The second-order valence-electron chi connectivity index (χ2n) is 5.17. The number of nitrogens with zero attached hydrogens (tertiary/aromatic N) is 1. The smallest absolute Gasteiger partial charge is 0.251 e. The number of hydrogen-bond donors (Lipinski definition) is 3. The summed E-state index contributed by atoms with van der Waals surface area (Å²) in [7, 11) is 3.40.